The Bertz CT molecular complexity index is 1700. The Morgan fingerprint density at radius 3 is 2.50 bits per heavy atom. The number of piperidine rings is 1. The van der Waals surface area contributed by atoms with Gasteiger partial charge in [0.25, 0.3) is 5.56 Å². The topological polar surface area (TPSA) is 91.2 Å². The molecule has 1 aliphatic rings. The van der Waals surface area contributed by atoms with E-state index in [-0.39, 0.29) is 17.3 Å². The molecule has 9 heteroatoms. The number of benzene rings is 2. The van der Waals surface area contributed by atoms with Crippen LogP contribution in [0.1, 0.15) is 18.4 Å². The molecule has 1 unspecified atom stereocenters. The molecule has 4 heterocycles. The zero-order valence-electron chi connectivity index (χ0n) is 22.0. The van der Waals surface area contributed by atoms with E-state index in [4.69, 9.17) is 14.5 Å². The number of pyridine rings is 2. The van der Waals surface area contributed by atoms with Gasteiger partial charge in [0, 0.05) is 24.2 Å². The summed E-state index contributed by atoms with van der Waals surface area (Å²) in [6.07, 6.45) is 4.75. The minimum Gasteiger partial charge on any atom is -0.456 e. The third-order valence-electron chi connectivity index (χ3n) is 7.01. The summed E-state index contributed by atoms with van der Waals surface area (Å²) in [6, 6.07) is 19.4. The second-order valence-electron chi connectivity index (χ2n) is 9.91. The highest BCUT2D eigenvalue weighted by atomic mass is 19.1. The van der Waals surface area contributed by atoms with Crippen LogP contribution in [0.5, 0.6) is 23.3 Å². The fourth-order valence-corrected chi connectivity index (χ4v) is 4.95. The number of ether oxygens (including phenoxy) is 2. The van der Waals surface area contributed by atoms with E-state index in [0.717, 1.165) is 43.3 Å². The van der Waals surface area contributed by atoms with Gasteiger partial charge in [0.1, 0.15) is 23.1 Å². The quantitative estimate of drug-likeness (QED) is 0.277. The van der Waals surface area contributed by atoms with Crippen LogP contribution in [-0.4, -0.2) is 32.6 Å². The van der Waals surface area contributed by atoms with Gasteiger partial charge in [-0.15, -0.1) is 0 Å². The van der Waals surface area contributed by atoms with Crippen molar-refractivity contribution in [3.63, 3.8) is 0 Å². The van der Waals surface area contributed by atoms with Crippen molar-refractivity contribution in [1.82, 2.24) is 24.8 Å². The largest absolute Gasteiger partial charge is 0.456 e. The molecular weight excluding hydrogens is 509 g/mol. The van der Waals surface area contributed by atoms with Crippen LogP contribution in [-0.2, 0) is 6.54 Å². The first-order chi connectivity index (χ1) is 19.5. The molecule has 0 spiro atoms. The van der Waals surface area contributed by atoms with Crippen LogP contribution in [0.3, 0.4) is 0 Å². The molecule has 40 heavy (non-hydrogen) atoms. The second kappa shape index (κ2) is 11.2. The molecule has 6 rings (SSSR count). The van der Waals surface area contributed by atoms with Gasteiger partial charge in [-0.3, -0.25) is 9.36 Å². The summed E-state index contributed by atoms with van der Waals surface area (Å²) in [5.41, 5.74) is 2.55. The predicted molar refractivity (Wildman–Crippen MR) is 150 cm³/mol. The lowest BCUT2D eigenvalue weighted by Gasteiger charge is -2.25. The molecule has 0 bridgehead atoms. The third kappa shape index (κ3) is 5.55. The number of fused-ring (bicyclic) bond motifs is 1. The van der Waals surface area contributed by atoms with E-state index in [1.807, 2.05) is 41.8 Å². The van der Waals surface area contributed by atoms with Gasteiger partial charge in [-0.2, -0.15) is 0 Å². The molecule has 0 saturated carbocycles. The van der Waals surface area contributed by atoms with Gasteiger partial charge in [0.2, 0.25) is 11.8 Å². The first-order valence-corrected chi connectivity index (χ1v) is 13.3. The number of aryl methyl sites for hydroxylation is 1. The number of halogens is 1. The summed E-state index contributed by atoms with van der Waals surface area (Å²) in [5, 5.41) is 3.94. The van der Waals surface area contributed by atoms with Crippen LogP contribution in [0.25, 0.3) is 22.3 Å². The van der Waals surface area contributed by atoms with Gasteiger partial charge in [-0.1, -0.05) is 24.3 Å². The van der Waals surface area contributed by atoms with Crippen LogP contribution >= 0.6 is 0 Å². The van der Waals surface area contributed by atoms with Crippen molar-refractivity contribution in [2.24, 2.45) is 5.92 Å². The number of rotatable bonds is 7. The molecule has 1 N–H and O–H groups in total. The van der Waals surface area contributed by atoms with E-state index in [1.165, 1.54) is 18.3 Å². The molecule has 1 atom stereocenters. The Kier molecular flexibility index (Phi) is 7.20. The lowest BCUT2D eigenvalue weighted by molar-refractivity contribution is 0.334. The average Bonchev–Trinajstić information content (AvgIpc) is 2.98. The maximum Gasteiger partial charge on any atom is 0.261 e. The van der Waals surface area contributed by atoms with Crippen LogP contribution in [0.4, 0.5) is 4.39 Å². The number of hydrogen-bond acceptors (Lipinski definition) is 7. The molecule has 3 aromatic heterocycles. The summed E-state index contributed by atoms with van der Waals surface area (Å²) in [7, 11) is 0. The monoisotopic (exact) mass is 537 g/mol. The standard InChI is InChI=1S/C31H28FN5O3/c1-20-5-2-3-7-25(20)30-36-27-11-9-23(15-26(27)31(38)37(30)19-21-6-4-14-33-16-21)39-24-10-13-29(35-18-24)40-28-12-8-22(32)17-34-28/h2-3,5,7-13,15,17-18,21,33H,4,6,14,16,19H2,1H3. The molecule has 202 valence electrons. The highest BCUT2D eigenvalue weighted by Gasteiger charge is 2.20. The molecule has 5 aromatic rings. The molecule has 2 aromatic carbocycles. The second-order valence-corrected chi connectivity index (χ2v) is 9.91. The average molecular weight is 538 g/mol. The Hall–Kier alpha value is -4.63. The van der Waals surface area contributed by atoms with Crippen molar-refractivity contribution in [3.05, 3.63) is 101 Å². The van der Waals surface area contributed by atoms with Crippen molar-refractivity contribution in [2.75, 3.05) is 13.1 Å². The molecule has 0 radical (unpaired) electrons. The molecule has 1 fully saturated rings. The Balaban J connectivity index is 1.30. The number of hydrogen-bond donors (Lipinski definition) is 1. The van der Waals surface area contributed by atoms with Crippen LogP contribution in [0.15, 0.2) is 83.9 Å². The zero-order valence-corrected chi connectivity index (χ0v) is 22.0. The highest BCUT2D eigenvalue weighted by molar-refractivity contribution is 5.81. The van der Waals surface area contributed by atoms with Gasteiger partial charge >= 0.3 is 0 Å². The van der Waals surface area contributed by atoms with E-state index in [1.54, 1.807) is 24.3 Å². The van der Waals surface area contributed by atoms with Crippen molar-refractivity contribution in [3.8, 4) is 34.6 Å². The lowest BCUT2D eigenvalue weighted by atomic mass is 9.99. The van der Waals surface area contributed by atoms with Crippen LogP contribution in [0.2, 0.25) is 0 Å². The first-order valence-electron chi connectivity index (χ1n) is 13.3. The summed E-state index contributed by atoms with van der Waals surface area (Å²) in [4.78, 5) is 27.0. The Morgan fingerprint density at radius 2 is 1.77 bits per heavy atom. The fraction of sp³-hybridized carbons (Fsp3) is 0.226. The van der Waals surface area contributed by atoms with Crippen molar-refractivity contribution >= 4 is 10.9 Å². The van der Waals surface area contributed by atoms with E-state index in [2.05, 4.69) is 15.3 Å². The molecular formula is C31H28FN5O3. The number of nitrogens with zero attached hydrogens (tertiary/aromatic N) is 4. The molecule has 1 saturated heterocycles. The van der Waals surface area contributed by atoms with Crippen LogP contribution in [0, 0.1) is 18.7 Å². The fourth-order valence-electron chi connectivity index (χ4n) is 4.95. The van der Waals surface area contributed by atoms with Crippen molar-refractivity contribution < 1.29 is 13.9 Å². The maximum absolute atomic E-state index is 13.9. The van der Waals surface area contributed by atoms with Crippen LogP contribution < -0.4 is 20.3 Å². The smallest absolute Gasteiger partial charge is 0.261 e. The number of nitrogens with one attached hydrogen (secondary N) is 1. The van der Waals surface area contributed by atoms with E-state index >= 15 is 0 Å². The zero-order chi connectivity index (χ0) is 27.5. The minimum absolute atomic E-state index is 0.0899. The lowest BCUT2D eigenvalue weighted by Crippen LogP contribution is -2.35. The normalized spacial score (nSPS) is 15.2. The van der Waals surface area contributed by atoms with E-state index < -0.39 is 5.82 Å². The summed E-state index contributed by atoms with van der Waals surface area (Å²) in [6.45, 7) is 4.52. The third-order valence-corrected chi connectivity index (χ3v) is 7.01. The van der Waals surface area contributed by atoms with Gasteiger partial charge in [0.15, 0.2) is 0 Å². The Labute approximate surface area is 230 Å². The minimum atomic E-state index is -0.446. The molecule has 0 aliphatic carbocycles. The van der Waals surface area contributed by atoms with Gasteiger partial charge in [-0.05, 0) is 74.7 Å². The van der Waals surface area contributed by atoms with Gasteiger partial charge in [0.05, 0.1) is 23.3 Å². The molecule has 8 nitrogen and oxygen atoms in total. The van der Waals surface area contributed by atoms with Gasteiger partial charge in [-0.25, -0.2) is 19.3 Å². The van der Waals surface area contributed by atoms with Crippen molar-refractivity contribution in [2.45, 2.75) is 26.3 Å². The van der Waals surface area contributed by atoms with E-state index in [0.29, 0.717) is 40.7 Å². The highest BCUT2D eigenvalue weighted by Crippen LogP contribution is 2.28. The van der Waals surface area contributed by atoms with Gasteiger partial charge < -0.3 is 14.8 Å². The molecule has 1 aliphatic heterocycles. The van der Waals surface area contributed by atoms with Crippen molar-refractivity contribution in [1.29, 1.82) is 0 Å². The Morgan fingerprint density at radius 1 is 0.975 bits per heavy atom. The maximum atomic E-state index is 13.9. The summed E-state index contributed by atoms with van der Waals surface area (Å²) >= 11 is 0. The summed E-state index contributed by atoms with van der Waals surface area (Å²) < 4.78 is 26.5. The number of aromatic nitrogens is 4. The SMILES string of the molecule is Cc1ccccc1-c1nc2ccc(Oc3ccc(Oc4ccc(F)cn4)nc3)cc2c(=O)n1CC1CCCNC1. The summed E-state index contributed by atoms with van der Waals surface area (Å²) in [5.74, 6) is 2.08. The molecule has 0 amide bonds. The van der Waals surface area contributed by atoms with E-state index in [9.17, 15) is 9.18 Å². The predicted octanol–water partition coefficient (Wildman–Crippen LogP) is 5.89. The first kappa shape index (κ1) is 25.6.